The number of ketones is 3. The van der Waals surface area contributed by atoms with Crippen LogP contribution < -0.4 is 26.1 Å². The molecule has 2 aromatic carbocycles. The van der Waals surface area contributed by atoms with E-state index in [4.69, 9.17) is 38.6 Å². The van der Waals surface area contributed by atoms with Crippen LogP contribution in [0.5, 0.6) is 0 Å². The summed E-state index contributed by atoms with van der Waals surface area (Å²) in [6, 6.07) is 24.6. The van der Waals surface area contributed by atoms with Crippen molar-refractivity contribution >= 4 is 117 Å². The number of hydrogen-bond acceptors (Lipinski definition) is 27. The number of thiophene rings is 3. The van der Waals surface area contributed by atoms with Crippen molar-refractivity contribution in [2.75, 3.05) is 30.5 Å². The van der Waals surface area contributed by atoms with Crippen molar-refractivity contribution in [3.63, 3.8) is 0 Å². The summed E-state index contributed by atoms with van der Waals surface area (Å²) in [5.41, 5.74) is 6.81. The van der Waals surface area contributed by atoms with Gasteiger partial charge in [-0.05, 0) is 147 Å². The normalized spacial score (nSPS) is 20.5. The molecule has 7 heterocycles. The summed E-state index contributed by atoms with van der Waals surface area (Å²) in [7, 11) is -12.2. The molecule has 7 aromatic heterocycles. The first-order valence-corrected chi connectivity index (χ1v) is 39.6. The highest BCUT2D eigenvalue weighted by Gasteiger charge is 2.38. The van der Waals surface area contributed by atoms with Crippen molar-refractivity contribution in [2.24, 2.45) is 39.1 Å². The molecule has 3 fully saturated rings. The first-order valence-electron chi connectivity index (χ1n) is 31.9. The highest BCUT2D eigenvalue weighted by molar-refractivity contribution is 7.84. The molecule has 0 spiro atoms. The van der Waals surface area contributed by atoms with Crippen LogP contribution in [0.4, 0.5) is 11.6 Å². The molecule has 3 aliphatic carbocycles. The van der Waals surface area contributed by atoms with Gasteiger partial charge in [-0.15, -0.1) is 34.0 Å². The summed E-state index contributed by atoms with van der Waals surface area (Å²) < 4.78 is 82.5. The van der Waals surface area contributed by atoms with Crippen LogP contribution in [-0.4, -0.2) is 148 Å². The number of rotatable bonds is 28. The lowest BCUT2D eigenvalue weighted by atomic mass is 9.96. The van der Waals surface area contributed by atoms with E-state index in [-0.39, 0.29) is 66.7 Å². The molecule has 3 aliphatic rings. The zero-order valence-corrected chi connectivity index (χ0v) is 61.0. The number of carbonyl (C=O) groups excluding carboxylic acids is 3. The Balaban J connectivity index is 0.000000165. The number of nitrogens with one attached hydrogen (secondary N) is 2. The topological polar surface area (TPSA) is 439 Å². The first kappa shape index (κ1) is 77.3. The van der Waals surface area contributed by atoms with Gasteiger partial charge in [0.05, 0.1) is 86.0 Å². The lowest BCUT2D eigenvalue weighted by Crippen LogP contribution is -2.24. The molecule has 0 saturated heterocycles. The Kier molecular flexibility index (Phi) is 26.5. The van der Waals surface area contributed by atoms with E-state index in [1.165, 1.54) is 77.1 Å². The third-order valence-electron chi connectivity index (χ3n) is 17.3. The van der Waals surface area contributed by atoms with E-state index < -0.39 is 61.1 Å². The second-order valence-corrected chi connectivity index (χ2v) is 32.8. The molecular formula is C66H73Cl2N13O15S6. The third-order valence-corrected chi connectivity index (χ3v) is 22.5. The second kappa shape index (κ2) is 35.0. The zero-order chi connectivity index (χ0) is 72.9. The number of carbonyl (C=O) groups is 3. The smallest absolute Gasteiger partial charge is 0.333 e. The van der Waals surface area contributed by atoms with Gasteiger partial charge in [0.15, 0.2) is 0 Å². The molecule has 11 N–H and O–H groups in total. The van der Waals surface area contributed by atoms with E-state index in [1.807, 2.05) is 77.8 Å². The highest BCUT2D eigenvalue weighted by atomic mass is 35.5. The fraction of sp³-hybridized carbons (Fsp3) is 0.364. The van der Waals surface area contributed by atoms with Crippen LogP contribution in [0, 0.1) is 30.6 Å². The van der Waals surface area contributed by atoms with Crippen LogP contribution in [-0.2, 0) is 75.7 Å². The van der Waals surface area contributed by atoms with Gasteiger partial charge in [0.2, 0.25) is 17.3 Å². The van der Waals surface area contributed by atoms with E-state index in [2.05, 4.69) is 70.3 Å². The van der Waals surface area contributed by atoms with Gasteiger partial charge < -0.3 is 26.0 Å². The van der Waals surface area contributed by atoms with Gasteiger partial charge in [-0.1, -0.05) is 65.7 Å². The van der Waals surface area contributed by atoms with Gasteiger partial charge in [0.25, 0.3) is 0 Å². The number of aliphatic hydroxyl groups excluding tert-OH is 3. The third kappa shape index (κ3) is 22.3. The maximum absolute atomic E-state index is 13.3. The predicted molar refractivity (Wildman–Crippen MR) is 384 cm³/mol. The van der Waals surface area contributed by atoms with Crippen LogP contribution >= 0.6 is 57.2 Å². The number of nitrogens with two attached hydrogens (primary N) is 3. The molecule has 28 nitrogen and oxygen atoms in total. The minimum Gasteiger partial charge on any atom is -0.393 e. The van der Waals surface area contributed by atoms with Gasteiger partial charge in [-0.3, -0.25) is 31.6 Å². The highest BCUT2D eigenvalue weighted by Crippen LogP contribution is 2.38. The number of aromatic nitrogens is 8. The maximum Gasteiger partial charge on any atom is 0.333 e. The Labute approximate surface area is 610 Å². The molecule has 3 saturated carbocycles. The summed E-state index contributed by atoms with van der Waals surface area (Å²) in [6.45, 7) is 1.97. The van der Waals surface area contributed by atoms with Crippen LogP contribution in [0.15, 0.2) is 134 Å². The summed E-state index contributed by atoms with van der Waals surface area (Å²) in [6.07, 6.45) is 15.1. The Morgan fingerprint density at radius 2 is 1.11 bits per heavy atom. The minimum atomic E-state index is -4.10. The van der Waals surface area contributed by atoms with Gasteiger partial charge in [0.1, 0.15) is 30.6 Å². The maximum atomic E-state index is 13.3. The summed E-state index contributed by atoms with van der Waals surface area (Å²) in [4.78, 5) is 67.4. The van der Waals surface area contributed by atoms with E-state index in [0.29, 0.717) is 110 Å². The van der Waals surface area contributed by atoms with E-state index in [9.17, 15) is 55.0 Å². The Morgan fingerprint density at radius 3 is 1.69 bits per heavy atom. The number of aliphatic hydroxyl groups is 3. The molecule has 0 amide bonds. The molecular weight excluding hydrogens is 1480 g/mol. The number of nitrogens with zero attached hydrogens (tertiary/aromatic N) is 8. The zero-order valence-electron chi connectivity index (χ0n) is 54.6. The van der Waals surface area contributed by atoms with Gasteiger partial charge in [-0.2, -0.15) is 30.4 Å². The van der Waals surface area contributed by atoms with Crippen LogP contribution in [0.3, 0.4) is 0 Å². The molecule has 36 heteroatoms. The Morgan fingerprint density at radius 1 is 0.588 bits per heavy atom. The molecule has 0 unspecified atom stereocenters. The van der Waals surface area contributed by atoms with Crippen molar-refractivity contribution in [2.45, 2.75) is 108 Å². The fourth-order valence-electron chi connectivity index (χ4n) is 12.3. The van der Waals surface area contributed by atoms with Crippen molar-refractivity contribution < 1.29 is 67.5 Å². The molecule has 9 atom stereocenters. The number of aryl methyl sites for hydroxylation is 3. The van der Waals surface area contributed by atoms with E-state index >= 15 is 0 Å². The lowest BCUT2D eigenvalue weighted by molar-refractivity contribution is 0.0998. The second-order valence-electron chi connectivity index (χ2n) is 24.8. The van der Waals surface area contributed by atoms with Crippen LogP contribution in [0.1, 0.15) is 123 Å². The molecule has 9 aromatic rings. The van der Waals surface area contributed by atoms with Crippen LogP contribution in [0.25, 0.3) is 0 Å². The first-order chi connectivity index (χ1) is 48.6. The van der Waals surface area contributed by atoms with Gasteiger partial charge in [0, 0.05) is 70.7 Å². The number of hydrogen-bond donors (Lipinski definition) is 8. The quantitative estimate of drug-likeness (QED) is 0.0224. The summed E-state index contributed by atoms with van der Waals surface area (Å²) in [5.74, 6) is -1.07. The lowest BCUT2D eigenvalue weighted by Gasteiger charge is -2.15. The Bertz CT molecular complexity index is 4730. The summed E-state index contributed by atoms with van der Waals surface area (Å²) in [5, 5.41) is 58.7. The van der Waals surface area contributed by atoms with Crippen molar-refractivity contribution in [3.05, 3.63) is 213 Å². The molecule has 12 rings (SSSR count). The number of benzene rings is 2. The molecule has 102 heavy (non-hydrogen) atoms. The molecule has 0 radical (unpaired) electrons. The standard InChI is InChI=1S/C23H26N4O5S2.C22H22Cl2N4O5S2.C21H25N5O5S2/c24-34(30,31)32-12-17-9-18(10-20(17)28)27-23-19(11-25-14-26-23)22(29)21-8-16(13-33-21)7-6-15-4-2-1-3-5-15;23-15-3-1-2-12(5-15)4-13-7-19(34-21(13)24)20(30)17-9-26-11-27-22(17)28-16-6-14(18(29)8-16)10-33-35(25,31)32;1-13-15(10-26-4-2-3-25-26)8-20(32-13)21(28)17-9-23-12-24-18(17)6-14-5-16(19(27)7-14)11-31-33(22,29)30/h1-5,8,11,13-14,17-18,20,28H,6-7,9-10,12H2,(H2,24,30,31)(H,25,26,27);1-3,5,7,9,11,14,16,18,29H,4,6,8,10H2,(H2,25,31,32)(H,26,27,28);2-4,8-9,12,14,16,19,27H,5-7,10-11H2,1H3,(H2,22,29,30)/t17-,18-,20+;14-,16-,18+;14-,16+,19-/m110/s1. The van der Waals surface area contributed by atoms with E-state index in [1.54, 1.807) is 18.3 Å². The SMILES string of the molecule is Cc1sc(C(=O)c2cncnc2C[C@@H]2C[C@H](COS(N)(=O)=O)[C@@H](O)C2)cc1Cn1cccn1.NS(=O)(=O)OC[C@H]1C[C@@H](Nc2ncncc2C(=O)c2cc(CCc3ccccc3)cs2)C[C@@H]1O.NS(=O)(=O)OC[C@H]1C[C@@H](Nc2ncncc2C(=O)c2cc(Cc3cccc(Cl)c3)c(Cl)s2)C[C@@H]1O. The van der Waals surface area contributed by atoms with Crippen molar-refractivity contribution in [1.82, 2.24) is 39.7 Å². The van der Waals surface area contributed by atoms with Crippen molar-refractivity contribution in [1.29, 1.82) is 0 Å². The Hall–Kier alpha value is -7.33. The predicted octanol–water partition coefficient (Wildman–Crippen LogP) is 7.24. The van der Waals surface area contributed by atoms with Gasteiger partial charge in [-0.25, -0.2) is 45.3 Å². The average Bonchev–Trinajstić information content (AvgIpc) is 1.64. The van der Waals surface area contributed by atoms with Crippen molar-refractivity contribution in [3.8, 4) is 0 Å². The minimum absolute atomic E-state index is 0.0241. The number of anilines is 2. The molecule has 0 bridgehead atoms. The largest absolute Gasteiger partial charge is 0.393 e. The van der Waals surface area contributed by atoms with Crippen LogP contribution in [0.2, 0.25) is 9.36 Å². The monoisotopic (exact) mass is 1550 g/mol. The average molecular weight is 1550 g/mol. The fourth-order valence-corrected chi connectivity index (χ4v) is 16.7. The number of halogens is 2. The molecule has 542 valence electrons. The van der Waals surface area contributed by atoms with Gasteiger partial charge >= 0.3 is 30.9 Å². The van der Waals surface area contributed by atoms with E-state index in [0.717, 1.165) is 40.0 Å². The summed E-state index contributed by atoms with van der Waals surface area (Å²) >= 11 is 16.5. The molecule has 0 aliphatic heterocycles.